The lowest BCUT2D eigenvalue weighted by Gasteiger charge is -2.14. The Hall–Kier alpha value is -3.12. The molecule has 130 valence electrons. The van der Waals surface area contributed by atoms with Crippen LogP contribution in [0.2, 0.25) is 0 Å². The highest BCUT2D eigenvalue weighted by Gasteiger charge is 2.13. The van der Waals surface area contributed by atoms with E-state index >= 15 is 0 Å². The Labute approximate surface area is 151 Å². The Kier molecular flexibility index (Phi) is 3.97. The van der Waals surface area contributed by atoms with Crippen molar-refractivity contribution < 1.29 is 8.42 Å². The van der Waals surface area contributed by atoms with Gasteiger partial charge in [0.15, 0.2) is 0 Å². The van der Waals surface area contributed by atoms with Crippen LogP contribution in [-0.4, -0.2) is 24.6 Å². The SMILES string of the molecule is CS(=O)(=O)Nc1ccc(-c2ccnc3[nH]ccc23)cc1-c1ccccc1. The average molecular weight is 363 g/mol. The molecule has 0 saturated heterocycles. The van der Waals surface area contributed by atoms with Crippen LogP contribution in [0.1, 0.15) is 0 Å². The molecule has 0 amide bonds. The molecule has 4 rings (SSSR count). The summed E-state index contributed by atoms with van der Waals surface area (Å²) in [6.07, 6.45) is 4.78. The minimum atomic E-state index is -3.38. The molecule has 0 radical (unpaired) electrons. The normalized spacial score (nSPS) is 11.6. The number of aromatic amines is 1. The molecule has 0 aliphatic heterocycles. The minimum absolute atomic E-state index is 0.557. The molecule has 2 aromatic carbocycles. The summed E-state index contributed by atoms with van der Waals surface area (Å²) in [7, 11) is -3.38. The number of sulfonamides is 1. The first kappa shape index (κ1) is 16.4. The Balaban J connectivity index is 1.92. The van der Waals surface area contributed by atoms with Crippen LogP contribution in [-0.2, 0) is 10.0 Å². The number of pyridine rings is 1. The van der Waals surface area contributed by atoms with Crippen molar-refractivity contribution in [2.75, 3.05) is 11.0 Å². The highest BCUT2D eigenvalue weighted by atomic mass is 32.2. The summed E-state index contributed by atoms with van der Waals surface area (Å²) in [6, 6.07) is 19.4. The fourth-order valence-electron chi connectivity index (χ4n) is 3.07. The molecule has 0 fully saturated rings. The first-order chi connectivity index (χ1) is 12.5. The molecule has 5 nitrogen and oxygen atoms in total. The summed E-state index contributed by atoms with van der Waals surface area (Å²) in [5.74, 6) is 0. The Morgan fingerprint density at radius 2 is 1.73 bits per heavy atom. The number of H-pyrrole nitrogens is 1. The minimum Gasteiger partial charge on any atom is -0.346 e. The second-order valence-corrected chi connectivity index (χ2v) is 7.85. The van der Waals surface area contributed by atoms with Crippen molar-refractivity contribution in [2.45, 2.75) is 0 Å². The second kappa shape index (κ2) is 6.31. The van der Waals surface area contributed by atoms with E-state index in [1.54, 1.807) is 12.3 Å². The Bertz CT molecular complexity index is 1180. The van der Waals surface area contributed by atoms with E-state index < -0.39 is 10.0 Å². The Morgan fingerprint density at radius 3 is 2.50 bits per heavy atom. The molecule has 2 aromatic heterocycles. The van der Waals surface area contributed by atoms with Gasteiger partial charge in [-0.25, -0.2) is 13.4 Å². The largest absolute Gasteiger partial charge is 0.346 e. The molecule has 0 spiro atoms. The van der Waals surface area contributed by atoms with Crippen molar-refractivity contribution in [1.82, 2.24) is 9.97 Å². The van der Waals surface area contributed by atoms with Gasteiger partial charge < -0.3 is 4.98 Å². The third-order valence-electron chi connectivity index (χ3n) is 4.17. The molecule has 0 saturated carbocycles. The van der Waals surface area contributed by atoms with Crippen LogP contribution >= 0.6 is 0 Å². The van der Waals surface area contributed by atoms with Gasteiger partial charge in [-0.1, -0.05) is 36.4 Å². The lowest BCUT2D eigenvalue weighted by atomic mass is 9.97. The molecule has 0 atom stereocenters. The molecule has 0 bridgehead atoms. The number of anilines is 1. The predicted octanol–water partition coefficient (Wildman–Crippen LogP) is 4.27. The summed E-state index contributed by atoms with van der Waals surface area (Å²) < 4.78 is 26.1. The zero-order valence-corrected chi connectivity index (χ0v) is 14.9. The Morgan fingerprint density at radius 1 is 0.923 bits per heavy atom. The van der Waals surface area contributed by atoms with Gasteiger partial charge in [-0.05, 0) is 41.0 Å². The average Bonchev–Trinajstić information content (AvgIpc) is 3.10. The van der Waals surface area contributed by atoms with E-state index in [2.05, 4.69) is 14.7 Å². The van der Waals surface area contributed by atoms with Gasteiger partial charge in [-0.15, -0.1) is 0 Å². The number of hydrogen-bond donors (Lipinski definition) is 2. The number of fused-ring (bicyclic) bond motifs is 1. The lowest BCUT2D eigenvalue weighted by molar-refractivity contribution is 0.607. The molecule has 2 heterocycles. The van der Waals surface area contributed by atoms with Crippen molar-refractivity contribution in [3.05, 3.63) is 73.1 Å². The number of aromatic nitrogens is 2. The molecule has 0 unspecified atom stereocenters. The molecule has 4 aromatic rings. The van der Waals surface area contributed by atoms with Gasteiger partial charge in [0.25, 0.3) is 0 Å². The fraction of sp³-hybridized carbons (Fsp3) is 0.0500. The summed E-state index contributed by atoms with van der Waals surface area (Å²) in [4.78, 5) is 7.44. The first-order valence-electron chi connectivity index (χ1n) is 8.11. The van der Waals surface area contributed by atoms with Crippen LogP contribution in [0.25, 0.3) is 33.3 Å². The zero-order chi connectivity index (χ0) is 18.1. The maximum absolute atomic E-state index is 11.8. The van der Waals surface area contributed by atoms with Crippen LogP contribution in [0.15, 0.2) is 73.1 Å². The number of rotatable bonds is 4. The molecular formula is C20H17N3O2S. The maximum atomic E-state index is 11.8. The van der Waals surface area contributed by atoms with Crippen LogP contribution in [0.5, 0.6) is 0 Å². The van der Waals surface area contributed by atoms with E-state index in [0.29, 0.717) is 5.69 Å². The number of nitrogens with zero attached hydrogens (tertiary/aromatic N) is 1. The van der Waals surface area contributed by atoms with Crippen molar-refractivity contribution in [2.24, 2.45) is 0 Å². The summed E-state index contributed by atoms with van der Waals surface area (Å²) in [6.45, 7) is 0. The van der Waals surface area contributed by atoms with E-state index in [1.165, 1.54) is 0 Å². The predicted molar refractivity (Wildman–Crippen MR) is 105 cm³/mol. The zero-order valence-electron chi connectivity index (χ0n) is 14.1. The van der Waals surface area contributed by atoms with Crippen molar-refractivity contribution in [3.63, 3.8) is 0 Å². The molecule has 2 N–H and O–H groups in total. The van der Waals surface area contributed by atoms with Crippen LogP contribution in [0.4, 0.5) is 5.69 Å². The van der Waals surface area contributed by atoms with Gasteiger partial charge in [-0.2, -0.15) is 0 Å². The molecule has 26 heavy (non-hydrogen) atoms. The molecule has 0 aliphatic carbocycles. The quantitative estimate of drug-likeness (QED) is 0.569. The third-order valence-corrected chi connectivity index (χ3v) is 4.76. The number of hydrogen-bond acceptors (Lipinski definition) is 3. The summed E-state index contributed by atoms with van der Waals surface area (Å²) >= 11 is 0. The van der Waals surface area contributed by atoms with Gasteiger partial charge in [-0.3, -0.25) is 4.72 Å². The highest BCUT2D eigenvalue weighted by molar-refractivity contribution is 7.92. The highest BCUT2D eigenvalue weighted by Crippen LogP contribution is 2.35. The smallest absolute Gasteiger partial charge is 0.229 e. The fourth-order valence-corrected chi connectivity index (χ4v) is 3.65. The van der Waals surface area contributed by atoms with Crippen LogP contribution < -0.4 is 4.72 Å². The molecule has 6 heteroatoms. The second-order valence-electron chi connectivity index (χ2n) is 6.10. The van der Waals surface area contributed by atoms with E-state index in [-0.39, 0.29) is 0 Å². The van der Waals surface area contributed by atoms with Gasteiger partial charge in [0, 0.05) is 23.3 Å². The maximum Gasteiger partial charge on any atom is 0.229 e. The van der Waals surface area contributed by atoms with Crippen LogP contribution in [0, 0.1) is 0 Å². The van der Waals surface area contributed by atoms with Crippen molar-refractivity contribution in [3.8, 4) is 22.3 Å². The van der Waals surface area contributed by atoms with Crippen LogP contribution in [0.3, 0.4) is 0 Å². The van der Waals surface area contributed by atoms with Crippen molar-refractivity contribution >= 4 is 26.7 Å². The van der Waals surface area contributed by atoms with E-state index in [9.17, 15) is 8.42 Å². The third kappa shape index (κ3) is 3.19. The molecule has 0 aliphatic rings. The van der Waals surface area contributed by atoms with Gasteiger partial charge in [0.05, 0.1) is 11.9 Å². The van der Waals surface area contributed by atoms with Gasteiger partial charge in [0.1, 0.15) is 5.65 Å². The number of benzene rings is 2. The molecular weight excluding hydrogens is 346 g/mol. The van der Waals surface area contributed by atoms with E-state index in [1.807, 2.05) is 60.8 Å². The summed E-state index contributed by atoms with van der Waals surface area (Å²) in [5.41, 5.74) is 5.19. The van der Waals surface area contributed by atoms with Gasteiger partial charge >= 0.3 is 0 Å². The number of nitrogens with one attached hydrogen (secondary N) is 2. The monoisotopic (exact) mass is 363 g/mol. The van der Waals surface area contributed by atoms with E-state index in [4.69, 9.17) is 0 Å². The van der Waals surface area contributed by atoms with E-state index in [0.717, 1.165) is 39.5 Å². The lowest BCUT2D eigenvalue weighted by Crippen LogP contribution is -2.10. The van der Waals surface area contributed by atoms with Crippen molar-refractivity contribution in [1.29, 1.82) is 0 Å². The topological polar surface area (TPSA) is 74.8 Å². The standard InChI is InChI=1S/C20H17N3O2S/c1-26(24,25)23-19-8-7-15(13-18(19)14-5-3-2-4-6-14)16-9-11-21-20-17(16)10-12-22-20/h2-13,23H,1H3,(H,21,22). The first-order valence-corrected chi connectivity index (χ1v) is 10.0. The summed E-state index contributed by atoms with van der Waals surface area (Å²) in [5, 5.41) is 1.02. The van der Waals surface area contributed by atoms with Gasteiger partial charge in [0.2, 0.25) is 10.0 Å².